The Morgan fingerprint density at radius 3 is 2.61 bits per heavy atom. The van der Waals surface area contributed by atoms with Crippen LogP contribution in [0.2, 0.25) is 0 Å². The fourth-order valence-electron chi connectivity index (χ4n) is 4.54. The summed E-state index contributed by atoms with van der Waals surface area (Å²) in [5.41, 5.74) is 2.72. The normalized spacial score (nSPS) is 14.9. The average molecular weight is 452 g/mol. The van der Waals surface area contributed by atoms with Crippen molar-refractivity contribution in [3.8, 4) is 5.88 Å². The van der Waals surface area contributed by atoms with Gasteiger partial charge in [-0.25, -0.2) is 4.79 Å². The lowest BCUT2D eigenvalue weighted by molar-refractivity contribution is 0.0694. The lowest BCUT2D eigenvalue weighted by atomic mass is 9.99. The van der Waals surface area contributed by atoms with E-state index >= 15 is 0 Å². The van der Waals surface area contributed by atoms with E-state index in [9.17, 15) is 19.8 Å². The van der Waals surface area contributed by atoms with E-state index in [-0.39, 0.29) is 23.5 Å². The smallest absolute Gasteiger partial charge is 0.341 e. The highest BCUT2D eigenvalue weighted by molar-refractivity contribution is 5.92. The Kier molecular flexibility index (Phi) is 6.49. The molecule has 0 spiro atoms. The molecule has 4 rings (SSSR count). The molecule has 1 atom stereocenters. The maximum atomic E-state index is 13.1. The Labute approximate surface area is 192 Å². The van der Waals surface area contributed by atoms with E-state index in [0.29, 0.717) is 18.1 Å². The van der Waals surface area contributed by atoms with Gasteiger partial charge < -0.3 is 19.5 Å². The molecule has 3 heterocycles. The third-order valence-corrected chi connectivity index (χ3v) is 6.38. The molecule has 33 heavy (non-hydrogen) atoms. The van der Waals surface area contributed by atoms with Gasteiger partial charge in [-0.3, -0.25) is 9.69 Å². The molecule has 8 nitrogen and oxygen atoms in total. The van der Waals surface area contributed by atoms with Crippen LogP contribution in [0.1, 0.15) is 46.9 Å². The first-order valence-electron chi connectivity index (χ1n) is 11.1. The standard InChI is InChI=1S/C25H29N3O5/c1-15(2)21(14-29)28-13-20(25(31)32)22(30)19-10-18(24(33-3)26-23(19)28)12-27-9-8-16-6-4-5-7-17(16)11-27/h4-7,10,13,15,21,29H,8-9,11-12,14H2,1-3H3,(H,31,32)/t21-/m1/s1. The first-order valence-corrected chi connectivity index (χ1v) is 11.1. The van der Waals surface area contributed by atoms with Crippen molar-refractivity contribution in [2.24, 2.45) is 5.92 Å². The van der Waals surface area contributed by atoms with Gasteiger partial charge in [0, 0.05) is 31.4 Å². The highest BCUT2D eigenvalue weighted by Crippen LogP contribution is 2.28. The van der Waals surface area contributed by atoms with Gasteiger partial charge >= 0.3 is 5.97 Å². The van der Waals surface area contributed by atoms with Crippen LogP contribution in [0, 0.1) is 5.92 Å². The quantitative estimate of drug-likeness (QED) is 0.569. The van der Waals surface area contributed by atoms with Crippen LogP contribution in [0.25, 0.3) is 11.0 Å². The molecule has 1 aliphatic rings. The predicted molar refractivity (Wildman–Crippen MR) is 125 cm³/mol. The molecule has 1 aromatic carbocycles. The van der Waals surface area contributed by atoms with Crippen LogP contribution in [-0.4, -0.2) is 50.9 Å². The molecule has 174 valence electrons. The second-order valence-electron chi connectivity index (χ2n) is 8.84. The molecule has 0 saturated heterocycles. The molecule has 0 radical (unpaired) electrons. The van der Waals surface area contributed by atoms with Crippen molar-refractivity contribution in [3.05, 3.63) is 69.0 Å². The average Bonchev–Trinajstić information content (AvgIpc) is 2.80. The fraction of sp³-hybridized carbons (Fsp3) is 0.400. The van der Waals surface area contributed by atoms with Crippen LogP contribution < -0.4 is 10.2 Å². The third-order valence-electron chi connectivity index (χ3n) is 6.38. The summed E-state index contributed by atoms with van der Waals surface area (Å²) in [6.07, 6.45) is 2.21. The summed E-state index contributed by atoms with van der Waals surface area (Å²) < 4.78 is 7.17. The Bertz CT molecular complexity index is 1250. The van der Waals surface area contributed by atoms with Gasteiger partial charge in [0.2, 0.25) is 11.3 Å². The van der Waals surface area contributed by atoms with E-state index in [4.69, 9.17) is 4.74 Å². The number of rotatable bonds is 7. The molecule has 0 saturated carbocycles. The van der Waals surface area contributed by atoms with Crippen molar-refractivity contribution < 1.29 is 19.7 Å². The lowest BCUT2D eigenvalue weighted by Gasteiger charge is -2.29. The number of aliphatic hydroxyl groups excluding tert-OH is 1. The van der Waals surface area contributed by atoms with Crippen molar-refractivity contribution in [2.75, 3.05) is 20.3 Å². The number of ether oxygens (including phenoxy) is 1. The third kappa shape index (κ3) is 4.36. The molecule has 2 N–H and O–H groups in total. The highest BCUT2D eigenvalue weighted by atomic mass is 16.5. The number of carboxylic acid groups (broad SMARTS) is 1. The van der Waals surface area contributed by atoms with E-state index in [2.05, 4.69) is 22.0 Å². The molecule has 0 fully saturated rings. The number of aromatic nitrogens is 2. The minimum absolute atomic E-state index is 0.0109. The molecule has 1 aliphatic heterocycles. The minimum atomic E-state index is -1.30. The number of pyridine rings is 2. The molecule has 0 unspecified atom stereocenters. The second-order valence-corrected chi connectivity index (χ2v) is 8.84. The predicted octanol–water partition coefficient (Wildman–Crippen LogP) is 2.85. The Morgan fingerprint density at radius 2 is 1.97 bits per heavy atom. The maximum absolute atomic E-state index is 13.1. The molecule has 0 bridgehead atoms. The number of fused-ring (bicyclic) bond motifs is 2. The first-order chi connectivity index (χ1) is 15.8. The Morgan fingerprint density at radius 1 is 1.24 bits per heavy atom. The van der Waals surface area contributed by atoms with Crippen molar-refractivity contribution in [3.63, 3.8) is 0 Å². The van der Waals surface area contributed by atoms with Gasteiger partial charge in [-0.1, -0.05) is 38.1 Å². The summed E-state index contributed by atoms with van der Waals surface area (Å²) in [4.78, 5) is 31.8. The van der Waals surface area contributed by atoms with Gasteiger partial charge in [-0.2, -0.15) is 4.98 Å². The number of aromatic carboxylic acids is 1. The lowest BCUT2D eigenvalue weighted by Crippen LogP contribution is -2.30. The van der Waals surface area contributed by atoms with Crippen LogP contribution in [-0.2, 0) is 19.5 Å². The largest absolute Gasteiger partial charge is 0.481 e. The number of carbonyl (C=O) groups is 1. The SMILES string of the molecule is COc1nc2c(cc1CN1CCc3ccccc3C1)c(=O)c(C(=O)O)cn2[C@H](CO)C(C)C. The van der Waals surface area contributed by atoms with Gasteiger partial charge in [0.05, 0.1) is 25.1 Å². The number of methoxy groups -OCH3 is 1. The van der Waals surface area contributed by atoms with Crippen molar-refractivity contribution >= 4 is 17.0 Å². The van der Waals surface area contributed by atoms with E-state index in [0.717, 1.165) is 25.1 Å². The van der Waals surface area contributed by atoms with Crippen LogP contribution >= 0.6 is 0 Å². The molecular weight excluding hydrogens is 422 g/mol. The van der Waals surface area contributed by atoms with E-state index in [1.165, 1.54) is 24.4 Å². The monoisotopic (exact) mass is 451 g/mol. The fourth-order valence-corrected chi connectivity index (χ4v) is 4.54. The van der Waals surface area contributed by atoms with Crippen LogP contribution in [0.15, 0.2) is 41.3 Å². The van der Waals surface area contributed by atoms with Crippen molar-refractivity contribution in [1.29, 1.82) is 0 Å². The van der Waals surface area contributed by atoms with Gasteiger partial charge in [0.15, 0.2) is 0 Å². The highest BCUT2D eigenvalue weighted by Gasteiger charge is 2.24. The topological polar surface area (TPSA) is 105 Å². The summed E-state index contributed by atoms with van der Waals surface area (Å²) in [6, 6.07) is 9.60. The Balaban J connectivity index is 1.83. The number of benzene rings is 1. The number of carboxylic acids is 1. The Hall–Kier alpha value is -3.23. The number of hydrogen-bond donors (Lipinski definition) is 2. The number of aliphatic hydroxyl groups is 1. The zero-order valence-corrected chi connectivity index (χ0v) is 19.1. The molecule has 0 aliphatic carbocycles. The number of hydrogen-bond acceptors (Lipinski definition) is 6. The minimum Gasteiger partial charge on any atom is -0.481 e. The number of nitrogens with zero attached hydrogens (tertiary/aromatic N) is 3. The zero-order valence-electron chi connectivity index (χ0n) is 19.1. The molecular formula is C25H29N3O5. The van der Waals surface area contributed by atoms with Gasteiger partial charge in [0.25, 0.3) is 0 Å². The van der Waals surface area contributed by atoms with Crippen molar-refractivity contribution in [2.45, 2.75) is 39.4 Å². The molecule has 8 heteroatoms. The zero-order chi connectivity index (χ0) is 23.7. The van der Waals surface area contributed by atoms with Crippen LogP contribution in [0.5, 0.6) is 5.88 Å². The van der Waals surface area contributed by atoms with Gasteiger partial charge in [-0.05, 0) is 29.5 Å². The molecule has 3 aromatic rings. The van der Waals surface area contributed by atoms with E-state index in [1.807, 2.05) is 26.0 Å². The summed E-state index contributed by atoms with van der Waals surface area (Å²) in [5, 5.41) is 19.8. The van der Waals surface area contributed by atoms with Crippen molar-refractivity contribution in [1.82, 2.24) is 14.5 Å². The first kappa shape index (κ1) is 22.9. The molecule has 2 aromatic heterocycles. The van der Waals surface area contributed by atoms with Gasteiger partial charge in [-0.15, -0.1) is 0 Å². The summed E-state index contributed by atoms with van der Waals surface area (Å²) in [7, 11) is 1.53. The summed E-state index contributed by atoms with van der Waals surface area (Å²) in [6.45, 7) is 5.78. The van der Waals surface area contributed by atoms with Crippen LogP contribution in [0.4, 0.5) is 0 Å². The second kappa shape index (κ2) is 9.33. The van der Waals surface area contributed by atoms with Gasteiger partial charge in [0.1, 0.15) is 11.2 Å². The summed E-state index contributed by atoms with van der Waals surface area (Å²) >= 11 is 0. The van der Waals surface area contributed by atoms with Crippen LogP contribution in [0.3, 0.4) is 0 Å². The van der Waals surface area contributed by atoms with E-state index < -0.39 is 17.4 Å². The summed E-state index contributed by atoms with van der Waals surface area (Å²) in [5.74, 6) is -0.928. The van der Waals surface area contributed by atoms with E-state index in [1.54, 1.807) is 10.6 Å². The maximum Gasteiger partial charge on any atom is 0.341 e. The molecule has 0 amide bonds.